The van der Waals surface area contributed by atoms with E-state index in [4.69, 9.17) is 0 Å². The molecular formula is C14H12FN5. The number of hydrogen-bond acceptors (Lipinski definition) is 4. The highest BCUT2D eigenvalue weighted by molar-refractivity contribution is 5.61. The zero-order chi connectivity index (χ0) is 13.8. The SMILES string of the molecule is Fc1ccc(CNc2cccc(-c3nn[nH]n3)c2)cc1. The minimum atomic E-state index is -0.229. The molecule has 0 fully saturated rings. The minimum absolute atomic E-state index is 0.229. The van der Waals surface area contributed by atoms with E-state index in [0.29, 0.717) is 12.4 Å². The lowest BCUT2D eigenvalue weighted by atomic mass is 10.1. The Labute approximate surface area is 114 Å². The molecule has 0 amide bonds. The van der Waals surface area contributed by atoms with Crippen LogP contribution >= 0.6 is 0 Å². The molecule has 100 valence electrons. The van der Waals surface area contributed by atoms with Crippen molar-refractivity contribution in [2.24, 2.45) is 0 Å². The van der Waals surface area contributed by atoms with Crippen molar-refractivity contribution < 1.29 is 4.39 Å². The highest BCUT2D eigenvalue weighted by Crippen LogP contribution is 2.18. The normalized spacial score (nSPS) is 10.4. The summed E-state index contributed by atoms with van der Waals surface area (Å²) in [5, 5.41) is 17.1. The molecule has 0 aliphatic heterocycles. The van der Waals surface area contributed by atoms with E-state index < -0.39 is 0 Å². The monoisotopic (exact) mass is 269 g/mol. The molecule has 0 aliphatic rings. The number of H-pyrrole nitrogens is 1. The number of nitrogens with one attached hydrogen (secondary N) is 2. The Morgan fingerprint density at radius 2 is 1.95 bits per heavy atom. The van der Waals surface area contributed by atoms with Crippen molar-refractivity contribution in [2.45, 2.75) is 6.54 Å². The first-order valence-electron chi connectivity index (χ1n) is 6.13. The topological polar surface area (TPSA) is 66.5 Å². The molecule has 0 unspecified atom stereocenters. The molecule has 3 rings (SSSR count). The van der Waals surface area contributed by atoms with Crippen molar-refractivity contribution in [3.63, 3.8) is 0 Å². The Hall–Kier alpha value is -2.76. The summed E-state index contributed by atoms with van der Waals surface area (Å²) < 4.78 is 12.8. The van der Waals surface area contributed by atoms with E-state index in [0.717, 1.165) is 16.8 Å². The van der Waals surface area contributed by atoms with Gasteiger partial charge < -0.3 is 5.32 Å². The Morgan fingerprint density at radius 1 is 1.10 bits per heavy atom. The fraction of sp³-hybridized carbons (Fsp3) is 0.0714. The van der Waals surface area contributed by atoms with Crippen molar-refractivity contribution in [2.75, 3.05) is 5.32 Å². The van der Waals surface area contributed by atoms with Crippen LogP contribution in [-0.4, -0.2) is 20.6 Å². The van der Waals surface area contributed by atoms with Gasteiger partial charge in [-0.25, -0.2) is 4.39 Å². The Bertz CT molecular complexity index is 679. The highest BCUT2D eigenvalue weighted by atomic mass is 19.1. The van der Waals surface area contributed by atoms with Crippen LogP contribution in [-0.2, 0) is 6.54 Å². The molecule has 0 radical (unpaired) electrons. The number of tetrazole rings is 1. The van der Waals surface area contributed by atoms with Crippen molar-refractivity contribution in [1.29, 1.82) is 0 Å². The van der Waals surface area contributed by atoms with E-state index in [1.165, 1.54) is 12.1 Å². The lowest BCUT2D eigenvalue weighted by Crippen LogP contribution is -1.99. The van der Waals surface area contributed by atoms with Gasteiger partial charge in [-0.05, 0) is 35.0 Å². The molecule has 0 aliphatic carbocycles. The Kier molecular flexibility index (Phi) is 3.36. The molecule has 0 bridgehead atoms. The molecule has 6 heteroatoms. The Morgan fingerprint density at radius 3 is 2.70 bits per heavy atom. The number of anilines is 1. The van der Waals surface area contributed by atoms with Gasteiger partial charge in [0.1, 0.15) is 5.82 Å². The average molecular weight is 269 g/mol. The number of halogens is 1. The van der Waals surface area contributed by atoms with Crippen LogP contribution in [0.1, 0.15) is 5.56 Å². The molecule has 0 saturated carbocycles. The summed E-state index contributed by atoms with van der Waals surface area (Å²) in [7, 11) is 0. The predicted octanol–water partition coefficient (Wildman–Crippen LogP) is 2.62. The van der Waals surface area contributed by atoms with Crippen LogP contribution in [0.4, 0.5) is 10.1 Å². The second kappa shape index (κ2) is 5.48. The molecule has 5 nitrogen and oxygen atoms in total. The van der Waals surface area contributed by atoms with Crippen LogP contribution < -0.4 is 5.32 Å². The first kappa shape index (κ1) is 12.3. The summed E-state index contributed by atoms with van der Waals surface area (Å²) in [4.78, 5) is 0. The van der Waals surface area contributed by atoms with Crippen LogP contribution in [0.15, 0.2) is 48.5 Å². The van der Waals surface area contributed by atoms with E-state index in [2.05, 4.69) is 25.9 Å². The first-order valence-corrected chi connectivity index (χ1v) is 6.13. The lowest BCUT2D eigenvalue weighted by molar-refractivity contribution is 0.627. The number of hydrogen-bond donors (Lipinski definition) is 2. The van der Waals surface area contributed by atoms with Crippen LogP contribution in [0.5, 0.6) is 0 Å². The van der Waals surface area contributed by atoms with E-state index >= 15 is 0 Å². The van der Waals surface area contributed by atoms with Gasteiger partial charge in [-0.3, -0.25) is 0 Å². The molecule has 1 aromatic heterocycles. The summed E-state index contributed by atoms with van der Waals surface area (Å²) in [5.74, 6) is 0.322. The number of aromatic amines is 1. The average Bonchev–Trinajstić information content (AvgIpc) is 3.01. The van der Waals surface area contributed by atoms with Crippen LogP contribution in [0.3, 0.4) is 0 Å². The van der Waals surface area contributed by atoms with Gasteiger partial charge in [0.2, 0.25) is 5.82 Å². The molecule has 2 aromatic carbocycles. The standard InChI is InChI=1S/C14H12FN5/c15-12-6-4-10(5-7-12)9-16-13-3-1-2-11(8-13)14-17-19-20-18-14/h1-8,16H,9H2,(H,17,18,19,20). The summed E-state index contributed by atoms with van der Waals surface area (Å²) in [6.45, 7) is 0.621. The summed E-state index contributed by atoms with van der Waals surface area (Å²) >= 11 is 0. The van der Waals surface area contributed by atoms with Crippen LogP contribution in [0, 0.1) is 5.82 Å². The van der Waals surface area contributed by atoms with Crippen molar-refractivity contribution >= 4 is 5.69 Å². The molecule has 0 saturated heterocycles. The second-order valence-corrected chi connectivity index (χ2v) is 4.30. The largest absolute Gasteiger partial charge is 0.381 e. The van der Waals surface area contributed by atoms with E-state index in [1.807, 2.05) is 24.3 Å². The first-order chi connectivity index (χ1) is 9.81. The fourth-order valence-electron chi connectivity index (χ4n) is 1.86. The van der Waals surface area contributed by atoms with Crippen molar-refractivity contribution in [3.8, 4) is 11.4 Å². The molecular weight excluding hydrogens is 257 g/mol. The van der Waals surface area contributed by atoms with Crippen molar-refractivity contribution in [3.05, 3.63) is 59.9 Å². The summed E-state index contributed by atoms with van der Waals surface area (Å²) in [6, 6.07) is 14.1. The lowest BCUT2D eigenvalue weighted by Gasteiger charge is -2.07. The number of aromatic nitrogens is 4. The maximum absolute atomic E-state index is 12.8. The Balaban J connectivity index is 1.72. The van der Waals surface area contributed by atoms with E-state index in [1.54, 1.807) is 12.1 Å². The van der Waals surface area contributed by atoms with Gasteiger partial charge in [0, 0.05) is 17.8 Å². The van der Waals surface area contributed by atoms with Crippen LogP contribution in [0.25, 0.3) is 11.4 Å². The third-order valence-corrected chi connectivity index (χ3v) is 2.88. The maximum atomic E-state index is 12.8. The number of rotatable bonds is 4. The minimum Gasteiger partial charge on any atom is -0.381 e. The van der Waals surface area contributed by atoms with Crippen molar-refractivity contribution in [1.82, 2.24) is 20.6 Å². The van der Waals surface area contributed by atoms with Gasteiger partial charge in [-0.2, -0.15) is 5.21 Å². The van der Waals surface area contributed by atoms with Gasteiger partial charge in [-0.15, -0.1) is 10.2 Å². The predicted molar refractivity (Wildman–Crippen MR) is 73.3 cm³/mol. The zero-order valence-corrected chi connectivity index (χ0v) is 10.5. The molecule has 0 spiro atoms. The molecule has 3 aromatic rings. The fourth-order valence-corrected chi connectivity index (χ4v) is 1.86. The second-order valence-electron chi connectivity index (χ2n) is 4.30. The summed E-state index contributed by atoms with van der Waals surface area (Å²) in [5.41, 5.74) is 2.83. The zero-order valence-electron chi connectivity index (χ0n) is 10.5. The smallest absolute Gasteiger partial charge is 0.204 e. The molecule has 20 heavy (non-hydrogen) atoms. The van der Waals surface area contributed by atoms with Gasteiger partial charge in [-0.1, -0.05) is 24.3 Å². The highest BCUT2D eigenvalue weighted by Gasteiger charge is 2.03. The third-order valence-electron chi connectivity index (χ3n) is 2.88. The molecule has 0 atom stereocenters. The van der Waals surface area contributed by atoms with Gasteiger partial charge in [0.05, 0.1) is 0 Å². The number of benzene rings is 2. The van der Waals surface area contributed by atoms with Gasteiger partial charge in [0.25, 0.3) is 0 Å². The van der Waals surface area contributed by atoms with Gasteiger partial charge in [0.15, 0.2) is 0 Å². The van der Waals surface area contributed by atoms with Gasteiger partial charge >= 0.3 is 0 Å². The van der Waals surface area contributed by atoms with E-state index in [-0.39, 0.29) is 5.82 Å². The summed E-state index contributed by atoms with van der Waals surface area (Å²) in [6.07, 6.45) is 0. The maximum Gasteiger partial charge on any atom is 0.204 e. The molecule has 1 heterocycles. The number of nitrogens with zero attached hydrogens (tertiary/aromatic N) is 3. The molecule has 2 N–H and O–H groups in total. The van der Waals surface area contributed by atoms with Crippen LogP contribution in [0.2, 0.25) is 0 Å². The quantitative estimate of drug-likeness (QED) is 0.764. The third kappa shape index (κ3) is 2.80. The van der Waals surface area contributed by atoms with E-state index in [9.17, 15) is 4.39 Å².